The largest absolute Gasteiger partial charge is 2.00 e. The zero-order chi connectivity index (χ0) is 14.0. The molecule has 0 aromatic rings. The first kappa shape index (κ1) is 26.2. The van der Waals surface area contributed by atoms with Crippen molar-refractivity contribution in [3.8, 4) is 0 Å². The number of allylic oxidation sites excluding steroid dienone is 8. The van der Waals surface area contributed by atoms with Crippen molar-refractivity contribution in [2.24, 2.45) is 11.8 Å². The maximum Gasteiger partial charge on any atom is 2.00 e. The molecule has 2 atom stereocenters. The quantitative estimate of drug-likeness (QED) is 0.351. The third-order valence-corrected chi connectivity index (χ3v) is 4.47. The zero-order valence-corrected chi connectivity index (χ0v) is 17.7. The Bertz CT molecular complexity index is 424. The number of halogens is 2. The van der Waals surface area contributed by atoms with Gasteiger partial charge in [0.25, 0.3) is 0 Å². The van der Waals surface area contributed by atoms with Crippen LogP contribution in [0, 0.1) is 24.0 Å². The van der Waals surface area contributed by atoms with Gasteiger partial charge in [0.05, 0.1) is 0 Å². The summed E-state index contributed by atoms with van der Waals surface area (Å²) in [6, 6.07) is 0. The van der Waals surface area contributed by atoms with Crippen LogP contribution in [0.1, 0.15) is 55.4 Å². The van der Waals surface area contributed by atoms with Crippen LogP contribution in [0.2, 0.25) is 0 Å². The van der Waals surface area contributed by atoms with E-state index in [0.717, 1.165) is 0 Å². The Labute approximate surface area is 158 Å². The molecule has 0 saturated carbocycles. The van der Waals surface area contributed by atoms with E-state index >= 15 is 0 Å². The number of hydrogen-bond acceptors (Lipinski definition) is 0. The van der Waals surface area contributed by atoms with E-state index in [9.17, 15) is 0 Å². The molecular weight excluding hydrogens is 335 g/mol. The molecule has 0 aliphatic heterocycles. The van der Waals surface area contributed by atoms with Crippen molar-refractivity contribution >= 4 is 24.8 Å². The predicted molar refractivity (Wildman–Crippen MR) is 94.4 cm³/mol. The van der Waals surface area contributed by atoms with Gasteiger partial charge in [-0.05, 0) is 0 Å². The van der Waals surface area contributed by atoms with Gasteiger partial charge in [-0.3, -0.25) is 12.2 Å². The summed E-state index contributed by atoms with van der Waals surface area (Å²) in [6.07, 6.45) is 6.72. The van der Waals surface area contributed by atoms with Crippen molar-refractivity contribution in [3.05, 3.63) is 45.6 Å². The minimum atomic E-state index is 0. The van der Waals surface area contributed by atoms with E-state index in [1.54, 1.807) is 0 Å². The van der Waals surface area contributed by atoms with Gasteiger partial charge in [-0.2, -0.15) is 22.3 Å². The van der Waals surface area contributed by atoms with Crippen LogP contribution in [0.5, 0.6) is 0 Å². The van der Waals surface area contributed by atoms with E-state index < -0.39 is 0 Å². The molecule has 0 aromatic carbocycles. The second-order valence-electron chi connectivity index (χ2n) is 5.60. The molecule has 0 fully saturated rings. The van der Waals surface area contributed by atoms with Crippen LogP contribution in [0.15, 0.2) is 33.4 Å². The Morgan fingerprint density at radius 2 is 0.857 bits per heavy atom. The van der Waals surface area contributed by atoms with Crippen LogP contribution in [0.3, 0.4) is 0 Å². The monoisotopic (exact) mass is 362 g/mol. The van der Waals surface area contributed by atoms with E-state index in [1.807, 2.05) is 0 Å². The summed E-state index contributed by atoms with van der Waals surface area (Å²) in [5, 5.41) is 0. The van der Waals surface area contributed by atoms with Crippen molar-refractivity contribution in [2.75, 3.05) is 0 Å². The van der Waals surface area contributed by atoms with Crippen LogP contribution >= 0.6 is 24.8 Å². The van der Waals surface area contributed by atoms with Crippen molar-refractivity contribution in [1.29, 1.82) is 0 Å². The second kappa shape index (κ2) is 10.9. The Morgan fingerprint density at radius 1 is 0.619 bits per heavy atom. The van der Waals surface area contributed by atoms with Gasteiger partial charge in [0.2, 0.25) is 0 Å². The first-order valence-electron chi connectivity index (χ1n) is 6.81. The molecule has 0 radical (unpaired) electrons. The van der Waals surface area contributed by atoms with Crippen molar-refractivity contribution in [1.82, 2.24) is 0 Å². The molecule has 0 aromatic heterocycles. The van der Waals surface area contributed by atoms with Gasteiger partial charge in [0.1, 0.15) is 0 Å². The zero-order valence-electron chi connectivity index (χ0n) is 14.5. The van der Waals surface area contributed by atoms with E-state index in [0.29, 0.717) is 11.8 Å². The van der Waals surface area contributed by atoms with Gasteiger partial charge in [-0.1, -0.05) is 53.4 Å². The molecule has 21 heavy (non-hydrogen) atoms. The van der Waals surface area contributed by atoms with E-state index in [2.05, 4.69) is 67.5 Å². The molecule has 2 aliphatic rings. The van der Waals surface area contributed by atoms with Crippen LogP contribution in [0.4, 0.5) is 0 Å². The minimum Gasteiger partial charge on any atom is -0.266 e. The molecule has 0 spiro atoms. The molecule has 2 unspecified atom stereocenters. The standard InChI is InChI=1S/2C9H13.2ClH.Ti/c2*1-6-5-7(2)9(4)8(6)3;;;/h2*6H,1-4H3;2*1H;/q2*-1;;;+2. The summed E-state index contributed by atoms with van der Waals surface area (Å²) in [7, 11) is 0. The van der Waals surface area contributed by atoms with E-state index in [1.165, 1.54) is 33.4 Å². The Balaban J connectivity index is -0.000000270. The third kappa shape index (κ3) is 6.49. The maximum absolute atomic E-state index is 3.36. The van der Waals surface area contributed by atoms with Crippen molar-refractivity contribution in [3.63, 3.8) is 0 Å². The van der Waals surface area contributed by atoms with Crippen LogP contribution in [0.25, 0.3) is 0 Å². The summed E-state index contributed by atoms with van der Waals surface area (Å²) in [6.45, 7) is 17.3. The Morgan fingerprint density at radius 3 is 0.905 bits per heavy atom. The summed E-state index contributed by atoms with van der Waals surface area (Å²) in [4.78, 5) is 0. The van der Waals surface area contributed by atoms with Crippen LogP contribution < -0.4 is 0 Å². The molecule has 0 saturated heterocycles. The summed E-state index contributed by atoms with van der Waals surface area (Å²) < 4.78 is 0. The smallest absolute Gasteiger partial charge is 0.266 e. The minimum absolute atomic E-state index is 0. The fraction of sp³-hybridized carbons (Fsp3) is 0.556. The number of hydrogen-bond donors (Lipinski definition) is 0. The Hall–Kier alpha value is 0.254. The molecule has 2 rings (SSSR count). The van der Waals surface area contributed by atoms with Gasteiger partial charge in [-0.25, -0.2) is 11.1 Å². The first-order chi connectivity index (χ1) is 8.25. The first-order valence-corrected chi connectivity index (χ1v) is 6.81. The SMILES string of the molecule is CC1=[C-]C(C)C(C)=C1C.CC1=[C-]C(C)C(C)=C1C.Cl.Cl.[Ti+2]. The van der Waals surface area contributed by atoms with Crippen LogP contribution in [-0.4, -0.2) is 0 Å². The second-order valence-corrected chi connectivity index (χ2v) is 5.60. The fourth-order valence-corrected chi connectivity index (χ4v) is 2.32. The summed E-state index contributed by atoms with van der Waals surface area (Å²) in [5.41, 5.74) is 8.49. The van der Waals surface area contributed by atoms with Gasteiger partial charge >= 0.3 is 21.7 Å². The molecule has 118 valence electrons. The van der Waals surface area contributed by atoms with Crippen molar-refractivity contribution < 1.29 is 21.7 Å². The molecule has 2 aliphatic carbocycles. The molecule has 3 heteroatoms. The van der Waals surface area contributed by atoms with E-state index in [4.69, 9.17) is 0 Å². The molecule has 0 N–H and O–H groups in total. The van der Waals surface area contributed by atoms with Gasteiger partial charge in [-0.15, -0.1) is 38.7 Å². The normalized spacial score (nSPS) is 23.2. The third-order valence-electron chi connectivity index (χ3n) is 4.47. The van der Waals surface area contributed by atoms with Crippen LogP contribution in [-0.2, 0) is 21.7 Å². The van der Waals surface area contributed by atoms with E-state index in [-0.39, 0.29) is 46.5 Å². The van der Waals surface area contributed by atoms with Gasteiger partial charge in [0.15, 0.2) is 0 Å². The summed E-state index contributed by atoms with van der Waals surface area (Å²) in [5.74, 6) is 1.12. The average Bonchev–Trinajstić information content (AvgIpc) is 2.66. The Kier molecular flexibility index (Phi) is 13.6. The maximum atomic E-state index is 3.36. The summed E-state index contributed by atoms with van der Waals surface area (Å²) >= 11 is 0. The van der Waals surface area contributed by atoms with Gasteiger partial charge < -0.3 is 0 Å². The fourth-order valence-electron chi connectivity index (χ4n) is 2.32. The predicted octanol–water partition coefficient (Wildman–Crippen LogP) is 6.29. The van der Waals surface area contributed by atoms with Crippen molar-refractivity contribution in [2.45, 2.75) is 55.4 Å². The topological polar surface area (TPSA) is 0 Å². The molecule has 0 amide bonds. The molecule has 0 nitrogen and oxygen atoms in total. The molecule has 0 heterocycles. The average molecular weight is 363 g/mol. The van der Waals surface area contributed by atoms with Gasteiger partial charge in [0, 0.05) is 0 Å². The number of rotatable bonds is 0. The molecule has 0 bridgehead atoms. The molecular formula is C18H28Cl2Ti.